The maximum absolute atomic E-state index is 12.8. The molecule has 2 aliphatic heterocycles. The molecule has 2 fully saturated rings. The molecule has 5 heteroatoms. The van der Waals surface area contributed by atoms with Crippen molar-refractivity contribution >= 4 is 11.9 Å². The number of aryl methyl sites for hydroxylation is 1. The molecule has 1 saturated carbocycles. The van der Waals surface area contributed by atoms with E-state index in [4.69, 9.17) is 9.47 Å². The Bertz CT molecular complexity index is 716. The fourth-order valence-electron chi connectivity index (χ4n) is 4.86. The van der Waals surface area contributed by atoms with E-state index < -0.39 is 0 Å². The lowest BCUT2D eigenvalue weighted by molar-refractivity contribution is -0.140. The Morgan fingerprint density at radius 2 is 1.76 bits per heavy atom. The molecule has 3 aliphatic rings. The van der Waals surface area contributed by atoms with Gasteiger partial charge in [0.05, 0.1) is 12.7 Å². The Morgan fingerprint density at radius 1 is 1.07 bits per heavy atom. The van der Waals surface area contributed by atoms with Crippen molar-refractivity contribution in [3.8, 4) is 5.75 Å². The SMILES string of the molecule is CC.COC(=O)c1ccc2c(c1)CCC1(CCN(C(=O)C3CCCCC3)CC1)O2. The van der Waals surface area contributed by atoms with E-state index in [0.29, 0.717) is 11.5 Å². The largest absolute Gasteiger partial charge is 0.487 e. The van der Waals surface area contributed by atoms with Gasteiger partial charge in [0, 0.05) is 31.8 Å². The van der Waals surface area contributed by atoms with Crippen LogP contribution in [0.1, 0.15) is 81.1 Å². The molecule has 0 bridgehead atoms. The molecule has 1 saturated heterocycles. The molecular weight excluding hydrogens is 366 g/mol. The summed E-state index contributed by atoms with van der Waals surface area (Å²) in [5.74, 6) is 1.18. The van der Waals surface area contributed by atoms with Gasteiger partial charge in [-0.1, -0.05) is 33.1 Å². The zero-order valence-electron chi connectivity index (χ0n) is 18.2. The standard InChI is InChI=1S/C22H29NO4.C2H6/c1-26-21(25)18-7-8-19-17(15-18)9-10-22(27-19)11-13-23(14-12-22)20(24)16-5-3-2-4-6-16;1-2/h7-8,15-16H,2-6,9-14H2,1H3;1-2H3. The smallest absolute Gasteiger partial charge is 0.337 e. The van der Waals surface area contributed by atoms with Crippen LogP contribution in [0.15, 0.2) is 18.2 Å². The Morgan fingerprint density at radius 3 is 2.41 bits per heavy atom. The molecule has 1 spiro atoms. The summed E-state index contributed by atoms with van der Waals surface area (Å²) in [6, 6.07) is 5.54. The van der Waals surface area contributed by atoms with Crippen LogP contribution >= 0.6 is 0 Å². The van der Waals surface area contributed by atoms with Crippen LogP contribution in [0.25, 0.3) is 0 Å². The third kappa shape index (κ3) is 4.76. The van der Waals surface area contributed by atoms with Crippen LogP contribution < -0.4 is 4.74 Å². The monoisotopic (exact) mass is 401 g/mol. The summed E-state index contributed by atoms with van der Waals surface area (Å²) in [5.41, 5.74) is 1.48. The highest BCUT2D eigenvalue weighted by Gasteiger charge is 2.41. The van der Waals surface area contributed by atoms with Crippen molar-refractivity contribution in [1.29, 1.82) is 0 Å². The van der Waals surface area contributed by atoms with Gasteiger partial charge in [-0.2, -0.15) is 0 Å². The van der Waals surface area contributed by atoms with Crippen LogP contribution in [0.3, 0.4) is 0 Å². The van der Waals surface area contributed by atoms with Gasteiger partial charge in [0.15, 0.2) is 0 Å². The van der Waals surface area contributed by atoms with Crippen molar-refractivity contribution in [2.75, 3.05) is 20.2 Å². The van der Waals surface area contributed by atoms with Crippen molar-refractivity contribution in [3.05, 3.63) is 29.3 Å². The first-order chi connectivity index (χ1) is 14.1. The third-order valence-electron chi connectivity index (χ3n) is 6.60. The highest BCUT2D eigenvalue weighted by molar-refractivity contribution is 5.89. The third-order valence-corrected chi connectivity index (χ3v) is 6.60. The second kappa shape index (κ2) is 9.64. The number of hydrogen-bond acceptors (Lipinski definition) is 4. The number of hydrogen-bond donors (Lipinski definition) is 0. The molecule has 160 valence electrons. The molecular formula is C24H35NO4. The number of benzene rings is 1. The van der Waals surface area contributed by atoms with Gasteiger partial charge in [0.25, 0.3) is 0 Å². The van der Waals surface area contributed by atoms with Gasteiger partial charge >= 0.3 is 5.97 Å². The lowest BCUT2D eigenvalue weighted by Crippen LogP contribution is -2.52. The molecule has 5 nitrogen and oxygen atoms in total. The number of methoxy groups -OCH3 is 1. The molecule has 1 amide bonds. The minimum Gasteiger partial charge on any atom is -0.487 e. The van der Waals surface area contributed by atoms with E-state index in [2.05, 4.69) is 4.90 Å². The van der Waals surface area contributed by atoms with Crippen molar-refractivity contribution in [2.24, 2.45) is 5.92 Å². The number of carbonyl (C=O) groups is 2. The zero-order valence-corrected chi connectivity index (χ0v) is 18.2. The summed E-state index contributed by atoms with van der Waals surface area (Å²) in [6.45, 7) is 5.59. The second-order valence-electron chi connectivity index (χ2n) is 8.26. The zero-order chi connectivity index (χ0) is 20.9. The van der Waals surface area contributed by atoms with E-state index >= 15 is 0 Å². The normalized spacial score (nSPS) is 20.7. The van der Waals surface area contributed by atoms with E-state index in [9.17, 15) is 9.59 Å². The number of amides is 1. The van der Waals surface area contributed by atoms with Crippen molar-refractivity contribution in [3.63, 3.8) is 0 Å². The predicted molar refractivity (Wildman–Crippen MR) is 113 cm³/mol. The van der Waals surface area contributed by atoms with Crippen LogP contribution in [0.5, 0.6) is 5.75 Å². The quantitative estimate of drug-likeness (QED) is 0.670. The fourth-order valence-corrected chi connectivity index (χ4v) is 4.86. The number of likely N-dealkylation sites (tertiary alicyclic amines) is 1. The molecule has 29 heavy (non-hydrogen) atoms. The average molecular weight is 402 g/mol. The molecule has 0 aromatic heterocycles. The minimum absolute atomic E-state index is 0.164. The molecule has 1 aromatic carbocycles. The summed E-state index contributed by atoms with van der Waals surface area (Å²) in [7, 11) is 1.40. The average Bonchev–Trinajstić information content (AvgIpc) is 2.80. The van der Waals surface area contributed by atoms with Gasteiger partial charge in [-0.25, -0.2) is 4.79 Å². The van der Waals surface area contributed by atoms with Crippen LogP contribution in [-0.4, -0.2) is 42.6 Å². The number of nitrogens with zero attached hydrogens (tertiary/aromatic N) is 1. The molecule has 1 aromatic rings. The second-order valence-corrected chi connectivity index (χ2v) is 8.26. The summed E-state index contributed by atoms with van der Waals surface area (Å²) in [4.78, 5) is 26.6. The molecule has 0 atom stereocenters. The van der Waals surface area contributed by atoms with Gasteiger partial charge in [-0.15, -0.1) is 0 Å². The van der Waals surface area contributed by atoms with E-state index in [1.807, 2.05) is 26.0 Å². The van der Waals surface area contributed by atoms with E-state index in [-0.39, 0.29) is 17.5 Å². The van der Waals surface area contributed by atoms with Crippen molar-refractivity contribution < 1.29 is 19.1 Å². The van der Waals surface area contributed by atoms with Crippen molar-refractivity contribution in [2.45, 2.75) is 77.2 Å². The molecule has 0 N–H and O–H groups in total. The number of ether oxygens (including phenoxy) is 2. The summed E-state index contributed by atoms with van der Waals surface area (Å²) in [5, 5.41) is 0. The highest BCUT2D eigenvalue weighted by Crippen LogP contribution is 2.40. The molecule has 1 aliphatic carbocycles. The van der Waals surface area contributed by atoms with Gasteiger partial charge in [-0.3, -0.25) is 4.79 Å². The van der Waals surface area contributed by atoms with Crippen LogP contribution in [0, 0.1) is 5.92 Å². The lowest BCUT2D eigenvalue weighted by Gasteiger charge is -2.45. The Labute approximate surface area is 174 Å². The van der Waals surface area contributed by atoms with E-state index in [1.165, 1.54) is 26.4 Å². The predicted octanol–water partition coefficient (Wildman–Crippen LogP) is 4.77. The maximum atomic E-state index is 12.8. The Kier molecular flexibility index (Phi) is 7.20. The number of esters is 1. The van der Waals surface area contributed by atoms with Crippen LogP contribution in [-0.2, 0) is 16.0 Å². The van der Waals surface area contributed by atoms with Gasteiger partial charge in [-0.05, 0) is 49.4 Å². The maximum Gasteiger partial charge on any atom is 0.337 e. The Balaban J connectivity index is 0.00000117. The van der Waals surface area contributed by atoms with Crippen LogP contribution in [0.2, 0.25) is 0 Å². The van der Waals surface area contributed by atoms with Crippen LogP contribution in [0.4, 0.5) is 0 Å². The topological polar surface area (TPSA) is 55.8 Å². The Hall–Kier alpha value is -2.04. The summed E-state index contributed by atoms with van der Waals surface area (Å²) < 4.78 is 11.2. The molecule has 0 unspecified atom stereocenters. The van der Waals surface area contributed by atoms with E-state index in [1.54, 1.807) is 6.07 Å². The lowest BCUT2D eigenvalue weighted by atomic mass is 9.82. The first-order valence-corrected chi connectivity index (χ1v) is 11.3. The number of carbonyl (C=O) groups excluding carboxylic acids is 2. The number of rotatable bonds is 2. The molecule has 0 radical (unpaired) electrons. The number of piperidine rings is 1. The summed E-state index contributed by atoms with van der Waals surface area (Å²) >= 11 is 0. The summed E-state index contributed by atoms with van der Waals surface area (Å²) in [6.07, 6.45) is 9.42. The molecule has 4 rings (SSSR count). The highest BCUT2D eigenvalue weighted by atomic mass is 16.5. The fraction of sp³-hybridized carbons (Fsp3) is 0.667. The number of fused-ring (bicyclic) bond motifs is 1. The van der Waals surface area contributed by atoms with E-state index in [0.717, 1.165) is 62.9 Å². The minimum atomic E-state index is -0.312. The van der Waals surface area contributed by atoms with Crippen molar-refractivity contribution in [1.82, 2.24) is 4.90 Å². The van der Waals surface area contributed by atoms with Gasteiger partial charge < -0.3 is 14.4 Å². The first-order valence-electron chi connectivity index (χ1n) is 11.3. The first kappa shape index (κ1) is 21.7. The molecule has 2 heterocycles. The van der Waals surface area contributed by atoms with Gasteiger partial charge in [0.2, 0.25) is 5.91 Å². The van der Waals surface area contributed by atoms with Gasteiger partial charge in [0.1, 0.15) is 11.4 Å².